The molecule has 1 amide bonds. The normalized spacial score (nSPS) is 17.8. The molecule has 8 nitrogen and oxygen atoms in total. The van der Waals surface area contributed by atoms with Crippen LogP contribution in [0.15, 0.2) is 36.4 Å². The van der Waals surface area contributed by atoms with E-state index in [0.29, 0.717) is 37.9 Å². The van der Waals surface area contributed by atoms with Gasteiger partial charge >= 0.3 is 5.69 Å². The topological polar surface area (TPSA) is 91.1 Å². The van der Waals surface area contributed by atoms with E-state index in [-0.39, 0.29) is 28.9 Å². The minimum atomic E-state index is -0.524. The number of nitro groups is 1. The minimum absolute atomic E-state index is 0.107. The van der Waals surface area contributed by atoms with E-state index in [9.17, 15) is 14.9 Å². The van der Waals surface area contributed by atoms with E-state index in [4.69, 9.17) is 14.2 Å². The Balaban J connectivity index is 1.61. The van der Waals surface area contributed by atoms with Gasteiger partial charge in [0, 0.05) is 18.2 Å². The minimum Gasteiger partial charge on any atom is -0.487 e. The molecule has 0 saturated carbocycles. The van der Waals surface area contributed by atoms with Crippen molar-refractivity contribution in [2.45, 2.75) is 25.8 Å². The van der Waals surface area contributed by atoms with E-state index in [1.165, 1.54) is 12.1 Å². The molecule has 0 radical (unpaired) electrons. The van der Waals surface area contributed by atoms with Gasteiger partial charge in [-0.15, -0.1) is 0 Å². The molecule has 152 valence electrons. The van der Waals surface area contributed by atoms with Crippen LogP contribution in [0.25, 0.3) is 0 Å². The summed E-state index contributed by atoms with van der Waals surface area (Å²) in [7, 11) is 0. The molecule has 29 heavy (non-hydrogen) atoms. The molecule has 0 bridgehead atoms. The van der Waals surface area contributed by atoms with Crippen molar-refractivity contribution in [3.05, 3.63) is 57.6 Å². The van der Waals surface area contributed by atoms with Crippen LogP contribution in [-0.4, -0.2) is 42.1 Å². The van der Waals surface area contributed by atoms with Crippen molar-refractivity contribution in [2.75, 3.05) is 26.4 Å². The van der Waals surface area contributed by atoms with Crippen LogP contribution in [0, 0.1) is 10.1 Å². The highest BCUT2D eigenvalue weighted by molar-refractivity contribution is 5.95. The molecule has 2 aromatic carbocycles. The van der Waals surface area contributed by atoms with E-state index in [2.05, 4.69) is 0 Å². The quantitative estimate of drug-likeness (QED) is 0.563. The Kier molecular flexibility index (Phi) is 5.24. The van der Waals surface area contributed by atoms with E-state index in [1.807, 2.05) is 18.2 Å². The molecule has 1 atom stereocenters. The van der Waals surface area contributed by atoms with E-state index in [1.54, 1.807) is 17.9 Å². The fraction of sp³-hybridized carbons (Fsp3) is 0.381. The first-order chi connectivity index (χ1) is 14.1. The van der Waals surface area contributed by atoms with Gasteiger partial charge in [0.15, 0.2) is 17.2 Å². The second-order valence-electron chi connectivity index (χ2n) is 6.93. The summed E-state index contributed by atoms with van der Waals surface area (Å²) in [6.07, 6.45) is 1.69. The van der Waals surface area contributed by atoms with Gasteiger partial charge in [-0.05, 0) is 49.6 Å². The van der Waals surface area contributed by atoms with Gasteiger partial charge in [-0.3, -0.25) is 14.9 Å². The zero-order chi connectivity index (χ0) is 20.4. The number of nitro benzene ring substituents is 1. The number of carbonyl (C=O) groups excluding carboxylic acids is 1. The summed E-state index contributed by atoms with van der Waals surface area (Å²) in [4.78, 5) is 25.8. The van der Waals surface area contributed by atoms with Gasteiger partial charge in [-0.2, -0.15) is 0 Å². The van der Waals surface area contributed by atoms with Crippen LogP contribution >= 0.6 is 0 Å². The Morgan fingerprint density at radius 1 is 1.21 bits per heavy atom. The van der Waals surface area contributed by atoms with Gasteiger partial charge < -0.3 is 19.1 Å². The number of ether oxygens (including phenoxy) is 3. The Morgan fingerprint density at radius 3 is 2.76 bits per heavy atom. The Morgan fingerprint density at radius 2 is 2.00 bits per heavy atom. The lowest BCUT2D eigenvalue weighted by Gasteiger charge is -2.27. The summed E-state index contributed by atoms with van der Waals surface area (Å²) in [6.45, 7) is 3.69. The summed E-state index contributed by atoms with van der Waals surface area (Å²) in [5, 5.41) is 11.4. The Bertz CT molecular complexity index is 945. The number of hydrogen-bond donors (Lipinski definition) is 0. The van der Waals surface area contributed by atoms with Gasteiger partial charge in [0.1, 0.15) is 13.2 Å². The third-order valence-electron chi connectivity index (χ3n) is 5.17. The van der Waals surface area contributed by atoms with Crippen LogP contribution in [0.3, 0.4) is 0 Å². The van der Waals surface area contributed by atoms with Crippen molar-refractivity contribution in [1.82, 2.24) is 4.90 Å². The molecule has 2 aromatic rings. The number of fused-ring (bicyclic) bond motifs is 1. The van der Waals surface area contributed by atoms with Crippen molar-refractivity contribution < 1.29 is 23.9 Å². The molecule has 0 N–H and O–H groups in total. The fourth-order valence-electron chi connectivity index (χ4n) is 3.86. The molecule has 1 fully saturated rings. The van der Waals surface area contributed by atoms with Crippen molar-refractivity contribution in [3.63, 3.8) is 0 Å². The molecule has 0 aromatic heterocycles. The first kappa shape index (κ1) is 19.0. The van der Waals surface area contributed by atoms with Gasteiger partial charge in [0.05, 0.1) is 17.6 Å². The van der Waals surface area contributed by atoms with Crippen LogP contribution in [0.1, 0.15) is 41.7 Å². The molecule has 1 saturated heterocycles. The molecule has 0 spiro atoms. The molecule has 2 aliphatic rings. The molecule has 8 heteroatoms. The van der Waals surface area contributed by atoms with Crippen molar-refractivity contribution >= 4 is 11.6 Å². The Hall–Kier alpha value is -3.29. The highest BCUT2D eigenvalue weighted by Crippen LogP contribution is 2.39. The van der Waals surface area contributed by atoms with Gasteiger partial charge in [-0.1, -0.05) is 6.07 Å². The number of benzene rings is 2. The number of carbonyl (C=O) groups is 1. The first-order valence-electron chi connectivity index (χ1n) is 9.70. The molecule has 2 heterocycles. The first-order valence-corrected chi connectivity index (χ1v) is 9.70. The lowest BCUT2D eigenvalue weighted by molar-refractivity contribution is -0.385. The van der Waals surface area contributed by atoms with Gasteiger partial charge in [-0.25, -0.2) is 0 Å². The number of hydrogen-bond acceptors (Lipinski definition) is 6. The van der Waals surface area contributed by atoms with E-state index in [0.717, 1.165) is 18.4 Å². The summed E-state index contributed by atoms with van der Waals surface area (Å²) in [6, 6.07) is 10.0. The van der Waals surface area contributed by atoms with Crippen LogP contribution in [-0.2, 0) is 0 Å². The Labute approximate surface area is 168 Å². The molecule has 1 unspecified atom stereocenters. The lowest BCUT2D eigenvalue weighted by Crippen LogP contribution is -2.30. The van der Waals surface area contributed by atoms with Gasteiger partial charge in [0.2, 0.25) is 0 Å². The average molecular weight is 398 g/mol. The van der Waals surface area contributed by atoms with Crippen molar-refractivity contribution in [1.29, 1.82) is 0 Å². The maximum Gasteiger partial charge on any atom is 0.311 e. The zero-order valence-corrected chi connectivity index (χ0v) is 16.1. The molecular formula is C21H22N2O6. The van der Waals surface area contributed by atoms with Crippen molar-refractivity contribution in [2.24, 2.45) is 0 Å². The van der Waals surface area contributed by atoms with Crippen LogP contribution in [0.2, 0.25) is 0 Å². The number of rotatable bonds is 5. The fourth-order valence-corrected chi connectivity index (χ4v) is 3.86. The molecular weight excluding hydrogens is 376 g/mol. The van der Waals surface area contributed by atoms with Crippen LogP contribution < -0.4 is 14.2 Å². The lowest BCUT2D eigenvalue weighted by atomic mass is 10.0. The maximum absolute atomic E-state index is 13.2. The average Bonchev–Trinajstić information content (AvgIpc) is 3.23. The summed E-state index contributed by atoms with van der Waals surface area (Å²) < 4.78 is 16.5. The second kappa shape index (κ2) is 7.98. The highest BCUT2D eigenvalue weighted by atomic mass is 16.6. The third-order valence-corrected chi connectivity index (χ3v) is 5.17. The maximum atomic E-state index is 13.2. The van der Waals surface area contributed by atoms with Crippen molar-refractivity contribution in [3.8, 4) is 17.2 Å². The van der Waals surface area contributed by atoms with Crippen LogP contribution in [0.4, 0.5) is 5.69 Å². The number of amides is 1. The highest BCUT2D eigenvalue weighted by Gasteiger charge is 2.32. The molecule has 4 rings (SSSR count). The zero-order valence-electron chi connectivity index (χ0n) is 16.1. The standard InChI is InChI=1S/C21H22N2O6/c1-2-27-18-7-6-15(12-17(18)23(25)26)21(24)22-9-3-4-16(22)14-5-8-19-20(13-14)29-11-10-28-19/h5-8,12-13,16H,2-4,9-11H2,1H3. The number of nitrogens with zero attached hydrogens (tertiary/aromatic N) is 2. The summed E-state index contributed by atoms with van der Waals surface area (Å²) in [5.41, 5.74) is 1.05. The monoisotopic (exact) mass is 398 g/mol. The number of likely N-dealkylation sites (tertiary alicyclic amines) is 1. The SMILES string of the molecule is CCOc1ccc(C(=O)N2CCCC2c2ccc3c(c2)OCCO3)cc1[N+](=O)[O-]. The predicted octanol–water partition coefficient (Wildman–Crippen LogP) is 3.74. The van der Waals surface area contributed by atoms with E-state index < -0.39 is 4.92 Å². The summed E-state index contributed by atoms with van der Waals surface area (Å²) in [5.74, 6) is 1.33. The third kappa shape index (κ3) is 3.70. The molecule has 2 aliphatic heterocycles. The smallest absolute Gasteiger partial charge is 0.311 e. The molecule has 0 aliphatic carbocycles. The second-order valence-corrected chi connectivity index (χ2v) is 6.93. The largest absolute Gasteiger partial charge is 0.487 e. The predicted molar refractivity (Wildman–Crippen MR) is 105 cm³/mol. The van der Waals surface area contributed by atoms with Crippen LogP contribution in [0.5, 0.6) is 17.2 Å². The summed E-state index contributed by atoms with van der Waals surface area (Å²) >= 11 is 0. The van der Waals surface area contributed by atoms with Gasteiger partial charge in [0.25, 0.3) is 5.91 Å². The van der Waals surface area contributed by atoms with E-state index >= 15 is 0 Å².